The van der Waals surface area contributed by atoms with Crippen LogP contribution in [0.1, 0.15) is 64.4 Å². The summed E-state index contributed by atoms with van der Waals surface area (Å²) in [5, 5.41) is 10.8. The fourth-order valence-corrected chi connectivity index (χ4v) is 5.59. The summed E-state index contributed by atoms with van der Waals surface area (Å²) in [5.74, 6) is -2.35. The van der Waals surface area contributed by atoms with Gasteiger partial charge in [0, 0.05) is 57.0 Å². The Labute approximate surface area is 298 Å². The number of carbonyl (C=O) groups excluding carboxylic acids is 7. The molecule has 0 spiro atoms. The lowest BCUT2D eigenvalue weighted by Gasteiger charge is -2.25. The van der Waals surface area contributed by atoms with E-state index < -0.39 is 29.9 Å². The van der Waals surface area contributed by atoms with Crippen molar-refractivity contribution in [3.05, 3.63) is 42.0 Å². The molecule has 2 heterocycles. The number of likely N-dealkylation sites (N-methyl/N-ethyl adjacent to an activating group) is 1. The van der Waals surface area contributed by atoms with E-state index in [9.17, 15) is 33.6 Å². The molecule has 2 aliphatic heterocycles. The van der Waals surface area contributed by atoms with Crippen molar-refractivity contribution >= 4 is 47.3 Å². The van der Waals surface area contributed by atoms with Gasteiger partial charge in [0.1, 0.15) is 18.7 Å². The van der Waals surface area contributed by atoms with Gasteiger partial charge in [-0.15, -0.1) is 0 Å². The van der Waals surface area contributed by atoms with Crippen LogP contribution in [-0.4, -0.2) is 115 Å². The number of urea groups is 1. The predicted molar refractivity (Wildman–Crippen MR) is 189 cm³/mol. The van der Waals surface area contributed by atoms with Crippen LogP contribution in [0.2, 0.25) is 0 Å². The maximum Gasteiger partial charge on any atom is 0.410 e. The van der Waals surface area contributed by atoms with Gasteiger partial charge in [0.25, 0.3) is 11.8 Å². The van der Waals surface area contributed by atoms with Gasteiger partial charge >= 0.3 is 12.1 Å². The third-order valence-corrected chi connectivity index (χ3v) is 8.62. The number of amides is 8. The second-order valence-corrected chi connectivity index (χ2v) is 13.1. The number of carbonyl (C=O) groups is 7. The Balaban J connectivity index is 1.52. The summed E-state index contributed by atoms with van der Waals surface area (Å²) in [6.45, 7) is 7.06. The largest absolute Gasteiger partial charge is 0.445 e. The molecule has 8 amide bonds. The van der Waals surface area contributed by atoms with Crippen molar-refractivity contribution in [3.8, 4) is 0 Å². The molecule has 280 valence electrons. The molecule has 2 aliphatic rings. The van der Waals surface area contributed by atoms with Crippen LogP contribution < -0.4 is 27.0 Å². The van der Waals surface area contributed by atoms with E-state index in [-0.39, 0.29) is 62.3 Å². The first-order valence-corrected chi connectivity index (χ1v) is 17.5. The molecule has 0 unspecified atom stereocenters. The second kappa shape index (κ2) is 20.6. The molecule has 3 rings (SSSR count). The molecule has 16 heteroatoms. The van der Waals surface area contributed by atoms with E-state index in [1.165, 1.54) is 12.2 Å². The van der Waals surface area contributed by atoms with E-state index in [1.807, 2.05) is 7.05 Å². The van der Waals surface area contributed by atoms with E-state index in [0.29, 0.717) is 44.5 Å². The number of hydrogen-bond donors (Lipinski definition) is 5. The van der Waals surface area contributed by atoms with Gasteiger partial charge < -0.3 is 41.5 Å². The number of imide groups is 1. The molecule has 0 aliphatic carbocycles. The molecule has 0 aromatic heterocycles. The number of rotatable bonds is 18. The summed E-state index contributed by atoms with van der Waals surface area (Å²) in [5.41, 5.74) is 6.36. The number of benzene rings is 1. The van der Waals surface area contributed by atoms with Crippen molar-refractivity contribution in [1.29, 1.82) is 0 Å². The van der Waals surface area contributed by atoms with Gasteiger partial charge in [-0.2, -0.15) is 0 Å². The highest BCUT2D eigenvalue weighted by Crippen LogP contribution is 2.14. The normalized spacial score (nSPS) is 16.0. The van der Waals surface area contributed by atoms with Crippen molar-refractivity contribution in [2.45, 2.75) is 77.5 Å². The minimum absolute atomic E-state index is 0.0750. The molecule has 0 saturated carbocycles. The van der Waals surface area contributed by atoms with Gasteiger partial charge in [0.15, 0.2) is 0 Å². The number of unbranched alkanes of at least 4 members (excludes halogenated alkanes) is 2. The molecule has 1 aromatic rings. The second-order valence-electron chi connectivity index (χ2n) is 13.1. The number of hydrogen-bond acceptors (Lipinski definition) is 9. The molecule has 2 atom stereocenters. The fourth-order valence-electron chi connectivity index (χ4n) is 5.59. The molecular formula is C35H52N8O8. The highest BCUT2D eigenvalue weighted by Gasteiger charge is 2.29. The van der Waals surface area contributed by atoms with E-state index in [4.69, 9.17) is 10.5 Å². The number of nitrogens with one attached hydrogen (secondary N) is 4. The van der Waals surface area contributed by atoms with E-state index in [0.717, 1.165) is 30.0 Å². The van der Waals surface area contributed by atoms with E-state index in [2.05, 4.69) is 26.2 Å². The molecular weight excluding hydrogens is 660 g/mol. The van der Waals surface area contributed by atoms with Gasteiger partial charge in [-0.05, 0) is 69.3 Å². The van der Waals surface area contributed by atoms with Crippen LogP contribution in [0.5, 0.6) is 0 Å². The molecule has 0 radical (unpaired) electrons. The summed E-state index contributed by atoms with van der Waals surface area (Å²) in [6, 6.07) is 4.19. The number of ether oxygens (including phenoxy) is 1. The van der Waals surface area contributed by atoms with Crippen molar-refractivity contribution < 1.29 is 38.3 Å². The smallest absolute Gasteiger partial charge is 0.410 e. The van der Waals surface area contributed by atoms with Gasteiger partial charge in [-0.3, -0.25) is 28.9 Å². The first-order chi connectivity index (χ1) is 24.3. The molecule has 6 N–H and O–H groups in total. The number of nitrogens with zero attached hydrogens (tertiary/aromatic N) is 3. The molecule has 1 fully saturated rings. The van der Waals surface area contributed by atoms with Gasteiger partial charge in [-0.1, -0.05) is 32.4 Å². The van der Waals surface area contributed by atoms with Crippen LogP contribution in [0.15, 0.2) is 36.4 Å². The zero-order valence-corrected chi connectivity index (χ0v) is 29.8. The molecule has 16 nitrogen and oxygen atoms in total. The number of primary amides is 1. The lowest BCUT2D eigenvalue weighted by atomic mass is 10.0. The van der Waals surface area contributed by atoms with Crippen LogP contribution in [0, 0.1) is 5.92 Å². The van der Waals surface area contributed by atoms with E-state index in [1.54, 1.807) is 43.0 Å². The quantitative estimate of drug-likeness (QED) is 0.110. The van der Waals surface area contributed by atoms with Gasteiger partial charge in [0.05, 0.1) is 0 Å². The van der Waals surface area contributed by atoms with Crippen molar-refractivity contribution in [2.75, 3.05) is 51.6 Å². The maximum atomic E-state index is 13.4. The summed E-state index contributed by atoms with van der Waals surface area (Å²) in [4.78, 5) is 91.6. The third kappa shape index (κ3) is 14.0. The topological polar surface area (TPSA) is 213 Å². The van der Waals surface area contributed by atoms with Gasteiger partial charge in [0.2, 0.25) is 17.7 Å². The Morgan fingerprint density at radius 3 is 2.24 bits per heavy atom. The maximum absolute atomic E-state index is 13.4. The van der Waals surface area contributed by atoms with Crippen molar-refractivity contribution in [3.63, 3.8) is 0 Å². The Hall–Kier alpha value is -4.99. The Morgan fingerprint density at radius 2 is 1.57 bits per heavy atom. The predicted octanol–water partition coefficient (Wildman–Crippen LogP) is 1.46. The average Bonchev–Trinajstić information content (AvgIpc) is 3.25. The Morgan fingerprint density at radius 1 is 0.863 bits per heavy atom. The molecule has 51 heavy (non-hydrogen) atoms. The molecule has 1 aromatic carbocycles. The number of nitrogens with two attached hydrogens (primary N) is 1. The molecule has 0 bridgehead atoms. The van der Waals surface area contributed by atoms with Crippen LogP contribution in [0.25, 0.3) is 0 Å². The molecule has 1 saturated heterocycles. The summed E-state index contributed by atoms with van der Waals surface area (Å²) >= 11 is 0. The third-order valence-electron chi connectivity index (χ3n) is 8.62. The standard InChI is InChI=1S/C35H52N8O8/c1-24(2)31(40-28(44)10-5-4-6-20-43-29(45)15-16-30(43)46)33(48)39-27(9-7-17-37-34(36)49)32(47)38-26-13-11-25(12-14-26)23-51-35(50)42-19-8-18-41(3)21-22-42/h11-16,24,27,31H,4-10,17-23H2,1-3H3,(H,38,47)(H,39,48)(H,40,44)(H3,36,37,49)/t27-,31-/m0/s1. The van der Waals surface area contributed by atoms with Crippen molar-refractivity contribution in [1.82, 2.24) is 30.7 Å². The van der Waals surface area contributed by atoms with E-state index >= 15 is 0 Å². The highest BCUT2D eigenvalue weighted by atomic mass is 16.6. The van der Waals surface area contributed by atoms with Gasteiger partial charge in [-0.25, -0.2) is 9.59 Å². The monoisotopic (exact) mass is 712 g/mol. The lowest BCUT2D eigenvalue weighted by molar-refractivity contribution is -0.137. The van der Waals surface area contributed by atoms with Crippen LogP contribution >= 0.6 is 0 Å². The summed E-state index contributed by atoms with van der Waals surface area (Å²) in [7, 11) is 2.02. The van der Waals surface area contributed by atoms with Crippen LogP contribution in [0.4, 0.5) is 15.3 Å². The first kappa shape index (κ1) is 40.4. The zero-order chi connectivity index (χ0) is 37.3. The summed E-state index contributed by atoms with van der Waals surface area (Å²) < 4.78 is 5.50. The average molecular weight is 713 g/mol. The zero-order valence-electron chi connectivity index (χ0n) is 29.8. The minimum Gasteiger partial charge on any atom is -0.445 e. The van der Waals surface area contributed by atoms with Crippen molar-refractivity contribution in [2.24, 2.45) is 11.7 Å². The Bertz CT molecular complexity index is 1400. The van der Waals surface area contributed by atoms with Crippen LogP contribution in [-0.2, 0) is 35.3 Å². The first-order valence-electron chi connectivity index (χ1n) is 17.5. The SMILES string of the molecule is CC(C)[C@H](NC(=O)CCCCCN1C(=O)C=CC1=O)C(=O)N[C@@H](CCCNC(N)=O)C(=O)Nc1ccc(COC(=O)N2CCCN(C)CC2)cc1. The highest BCUT2D eigenvalue weighted by molar-refractivity contribution is 6.12. The minimum atomic E-state index is -0.996. The fraction of sp³-hybridized carbons (Fsp3) is 0.571. The Kier molecular flexibility index (Phi) is 16.4. The van der Waals surface area contributed by atoms with Crippen LogP contribution in [0.3, 0.4) is 0 Å². The lowest BCUT2D eigenvalue weighted by Crippen LogP contribution is -2.54. The number of anilines is 1. The summed E-state index contributed by atoms with van der Waals surface area (Å²) in [6.07, 6.45) is 5.28.